The van der Waals surface area contributed by atoms with Crippen LogP contribution >= 0.6 is 11.6 Å². The van der Waals surface area contributed by atoms with Gasteiger partial charge in [-0.1, -0.05) is 54.1 Å². The molecule has 2 aromatic carbocycles. The summed E-state index contributed by atoms with van der Waals surface area (Å²) in [6.45, 7) is 0.405. The Balaban J connectivity index is 1.90. The number of hydrogen-bond acceptors (Lipinski definition) is 4. The van der Waals surface area contributed by atoms with Crippen molar-refractivity contribution in [3.63, 3.8) is 0 Å². The van der Waals surface area contributed by atoms with E-state index >= 15 is 0 Å². The summed E-state index contributed by atoms with van der Waals surface area (Å²) in [6.07, 6.45) is 2.34. The first-order valence-corrected chi connectivity index (χ1v) is 9.01. The van der Waals surface area contributed by atoms with E-state index in [1.54, 1.807) is 19.3 Å². The van der Waals surface area contributed by atoms with Gasteiger partial charge in [-0.15, -0.1) is 0 Å². The molecule has 0 radical (unpaired) electrons. The third kappa shape index (κ3) is 4.69. The van der Waals surface area contributed by atoms with Crippen LogP contribution in [0.15, 0.2) is 60.7 Å². The lowest BCUT2D eigenvalue weighted by atomic mass is 9.91. The van der Waals surface area contributed by atoms with Gasteiger partial charge in [0, 0.05) is 28.1 Å². The molecule has 1 N–H and O–H groups in total. The molecule has 27 heavy (non-hydrogen) atoms. The number of methoxy groups -OCH3 is 1. The van der Waals surface area contributed by atoms with Crippen LogP contribution in [0.5, 0.6) is 5.75 Å². The average Bonchev–Trinajstić information content (AvgIpc) is 2.68. The maximum Gasteiger partial charge on any atom is 0.327 e. The van der Waals surface area contributed by atoms with Crippen LogP contribution in [0.25, 0.3) is 0 Å². The molecule has 2 aromatic rings. The maximum atomic E-state index is 10.8. The van der Waals surface area contributed by atoms with Gasteiger partial charge in [-0.25, -0.2) is 4.79 Å². The molecule has 1 saturated heterocycles. The molecular formula is C21H21ClO5. The highest BCUT2D eigenvalue weighted by molar-refractivity contribution is 6.31. The lowest BCUT2D eigenvalue weighted by Gasteiger charge is -2.37. The summed E-state index contributed by atoms with van der Waals surface area (Å²) < 4.78 is 17.7. The maximum absolute atomic E-state index is 10.8. The lowest BCUT2D eigenvalue weighted by molar-refractivity contribution is -0.244. The number of halogens is 1. The molecule has 0 unspecified atom stereocenters. The van der Waals surface area contributed by atoms with Crippen LogP contribution in [-0.2, 0) is 14.3 Å². The topological polar surface area (TPSA) is 65.0 Å². The zero-order valence-electron chi connectivity index (χ0n) is 14.9. The summed E-state index contributed by atoms with van der Waals surface area (Å²) in [5.74, 6) is -0.319. The van der Waals surface area contributed by atoms with E-state index in [4.69, 9.17) is 30.9 Å². The first-order chi connectivity index (χ1) is 13.1. The molecule has 3 atom stereocenters. The van der Waals surface area contributed by atoms with Crippen LogP contribution in [-0.4, -0.2) is 24.8 Å². The van der Waals surface area contributed by atoms with Gasteiger partial charge in [0.15, 0.2) is 6.29 Å². The monoisotopic (exact) mass is 388 g/mol. The number of benzene rings is 2. The van der Waals surface area contributed by atoms with Gasteiger partial charge in [0.05, 0.1) is 19.8 Å². The van der Waals surface area contributed by atoms with Crippen molar-refractivity contribution in [3.05, 3.63) is 76.8 Å². The quantitative estimate of drug-likeness (QED) is 0.721. The fourth-order valence-corrected chi connectivity index (χ4v) is 3.40. The van der Waals surface area contributed by atoms with E-state index in [0.717, 1.165) is 23.0 Å². The molecule has 0 amide bonds. The van der Waals surface area contributed by atoms with Gasteiger partial charge in [-0.2, -0.15) is 0 Å². The Morgan fingerprint density at radius 1 is 1.22 bits per heavy atom. The minimum absolute atomic E-state index is 0.0596. The second-order valence-electron chi connectivity index (χ2n) is 6.22. The van der Waals surface area contributed by atoms with Gasteiger partial charge in [-0.3, -0.25) is 0 Å². The highest BCUT2D eigenvalue weighted by atomic mass is 35.5. The normalized spacial score (nSPS) is 22.7. The van der Waals surface area contributed by atoms with Crippen LogP contribution in [0.3, 0.4) is 0 Å². The SMILES string of the molecule is COc1ccccc1[C@H]1O[C@@H](c2ccccc2Cl)OC[C@H]1CC=CC(=O)O. The van der Waals surface area contributed by atoms with Crippen molar-refractivity contribution in [3.8, 4) is 5.75 Å². The molecule has 1 heterocycles. The van der Waals surface area contributed by atoms with Crippen molar-refractivity contribution in [2.75, 3.05) is 13.7 Å². The Bertz CT molecular complexity index is 820. The Hall–Kier alpha value is -2.34. The van der Waals surface area contributed by atoms with E-state index in [1.165, 1.54) is 0 Å². The van der Waals surface area contributed by atoms with E-state index < -0.39 is 12.3 Å². The predicted octanol–water partition coefficient (Wildman–Crippen LogP) is 4.78. The van der Waals surface area contributed by atoms with E-state index in [0.29, 0.717) is 18.1 Å². The third-order valence-electron chi connectivity index (χ3n) is 4.46. The Morgan fingerprint density at radius 2 is 1.93 bits per heavy atom. The smallest absolute Gasteiger partial charge is 0.327 e. The molecule has 0 bridgehead atoms. The van der Waals surface area contributed by atoms with Crippen LogP contribution < -0.4 is 4.74 Å². The van der Waals surface area contributed by atoms with Crippen molar-refractivity contribution in [1.82, 2.24) is 0 Å². The van der Waals surface area contributed by atoms with Crippen LogP contribution in [0.2, 0.25) is 5.02 Å². The Morgan fingerprint density at radius 3 is 2.63 bits per heavy atom. The van der Waals surface area contributed by atoms with Crippen LogP contribution in [0.4, 0.5) is 0 Å². The highest BCUT2D eigenvalue weighted by Crippen LogP contribution is 2.43. The number of hydrogen-bond donors (Lipinski definition) is 1. The summed E-state index contributed by atoms with van der Waals surface area (Å²) in [5, 5.41) is 9.42. The van der Waals surface area contributed by atoms with Gasteiger partial charge in [0.25, 0.3) is 0 Å². The first kappa shape index (κ1) is 19.4. The molecular weight excluding hydrogens is 368 g/mol. The minimum atomic E-state index is -0.976. The summed E-state index contributed by atoms with van der Waals surface area (Å²) in [5.41, 5.74) is 1.66. The largest absolute Gasteiger partial charge is 0.496 e. The fraction of sp³-hybridized carbons (Fsp3) is 0.286. The molecule has 0 aromatic heterocycles. The standard InChI is InChI=1S/C21H21ClO5/c1-25-18-11-5-3-9-16(18)20-14(7-6-12-19(23)24)13-26-21(27-20)15-8-2-4-10-17(15)22/h2-6,8-12,14,20-21H,7,13H2,1H3,(H,23,24)/t14-,20+,21+/m1/s1. The van der Waals surface area contributed by atoms with Gasteiger partial charge in [-0.05, 0) is 18.6 Å². The molecule has 6 heteroatoms. The summed E-state index contributed by atoms with van der Waals surface area (Å²) >= 11 is 6.30. The van der Waals surface area contributed by atoms with E-state index in [9.17, 15) is 4.79 Å². The van der Waals surface area contributed by atoms with E-state index in [1.807, 2.05) is 42.5 Å². The number of carbonyl (C=O) groups is 1. The molecule has 5 nitrogen and oxygen atoms in total. The second kappa shape index (κ2) is 9.04. The van der Waals surface area contributed by atoms with Gasteiger partial charge in [0.1, 0.15) is 5.75 Å². The van der Waals surface area contributed by atoms with Crippen molar-refractivity contribution < 1.29 is 24.1 Å². The molecule has 1 fully saturated rings. The fourth-order valence-electron chi connectivity index (χ4n) is 3.18. The van der Waals surface area contributed by atoms with Crippen molar-refractivity contribution in [1.29, 1.82) is 0 Å². The number of carboxylic acids is 1. The molecule has 3 rings (SSSR count). The molecule has 0 saturated carbocycles. The minimum Gasteiger partial charge on any atom is -0.496 e. The average molecular weight is 389 g/mol. The Kier molecular flexibility index (Phi) is 6.50. The molecule has 1 aliphatic heterocycles. The van der Waals surface area contributed by atoms with Crippen LogP contribution in [0.1, 0.15) is 29.9 Å². The zero-order chi connectivity index (χ0) is 19.2. The van der Waals surface area contributed by atoms with E-state index in [2.05, 4.69) is 0 Å². The van der Waals surface area contributed by atoms with E-state index in [-0.39, 0.29) is 12.0 Å². The third-order valence-corrected chi connectivity index (χ3v) is 4.81. The lowest BCUT2D eigenvalue weighted by Crippen LogP contribution is -2.30. The summed E-state index contributed by atoms with van der Waals surface area (Å²) in [6, 6.07) is 15.0. The number of aliphatic carboxylic acids is 1. The van der Waals surface area contributed by atoms with Crippen molar-refractivity contribution >= 4 is 17.6 Å². The first-order valence-electron chi connectivity index (χ1n) is 8.64. The van der Waals surface area contributed by atoms with Crippen molar-refractivity contribution in [2.45, 2.75) is 18.8 Å². The second-order valence-corrected chi connectivity index (χ2v) is 6.63. The summed E-state index contributed by atoms with van der Waals surface area (Å²) in [4.78, 5) is 10.8. The number of rotatable bonds is 6. The molecule has 0 aliphatic carbocycles. The molecule has 142 valence electrons. The predicted molar refractivity (Wildman–Crippen MR) is 102 cm³/mol. The van der Waals surface area contributed by atoms with Crippen LogP contribution in [0, 0.1) is 5.92 Å². The number of para-hydroxylation sites is 1. The summed E-state index contributed by atoms with van der Waals surface area (Å²) in [7, 11) is 1.61. The van der Waals surface area contributed by atoms with Gasteiger partial charge < -0.3 is 19.3 Å². The van der Waals surface area contributed by atoms with Gasteiger partial charge >= 0.3 is 5.97 Å². The number of carboxylic acid groups (broad SMARTS) is 1. The zero-order valence-corrected chi connectivity index (χ0v) is 15.6. The molecule has 0 spiro atoms. The molecule has 1 aliphatic rings. The number of allylic oxidation sites excluding steroid dienone is 1. The Labute approximate surface area is 163 Å². The van der Waals surface area contributed by atoms with Crippen molar-refractivity contribution in [2.24, 2.45) is 5.92 Å². The number of ether oxygens (including phenoxy) is 3. The highest BCUT2D eigenvalue weighted by Gasteiger charge is 2.35. The van der Waals surface area contributed by atoms with Gasteiger partial charge in [0.2, 0.25) is 0 Å².